The summed E-state index contributed by atoms with van der Waals surface area (Å²) in [5.41, 5.74) is 16.5. The molecule has 2 N–H and O–H groups in total. The minimum atomic E-state index is -0.176. The van der Waals surface area contributed by atoms with Gasteiger partial charge >= 0.3 is 0 Å². The summed E-state index contributed by atoms with van der Waals surface area (Å²) in [6.07, 6.45) is 14.7. The molecule has 8 bridgehead atoms. The molecular weight excluding hydrogens is 739 g/mol. The molecule has 0 saturated heterocycles. The first-order valence-corrected chi connectivity index (χ1v) is 19.9. The van der Waals surface area contributed by atoms with Gasteiger partial charge in [0, 0.05) is 57.7 Å². The minimum absolute atomic E-state index is 0.176. The van der Waals surface area contributed by atoms with Crippen molar-refractivity contribution in [3.63, 3.8) is 0 Å². The van der Waals surface area contributed by atoms with Crippen LogP contribution in [-0.4, -0.2) is 36.1 Å². The van der Waals surface area contributed by atoms with Crippen LogP contribution >= 0.6 is 0 Å². The van der Waals surface area contributed by atoms with Crippen molar-refractivity contribution in [2.45, 2.75) is 6.54 Å². The molecule has 0 radical (unpaired) electrons. The van der Waals surface area contributed by atoms with E-state index in [9.17, 15) is 9.59 Å². The Balaban J connectivity index is 1.31. The Kier molecular flexibility index (Phi) is 8.37. The van der Waals surface area contributed by atoms with Crippen molar-refractivity contribution in [3.8, 4) is 44.5 Å². The number of allylic oxidation sites excluding steroid dienone is 2. The molecule has 60 heavy (non-hydrogen) atoms. The first-order valence-electron chi connectivity index (χ1n) is 19.9. The van der Waals surface area contributed by atoms with E-state index < -0.39 is 0 Å². The number of aromatic amines is 2. The van der Waals surface area contributed by atoms with Crippen molar-refractivity contribution in [1.82, 2.24) is 24.5 Å². The average Bonchev–Trinajstić information content (AvgIpc) is 4.15. The summed E-state index contributed by atoms with van der Waals surface area (Å²) in [6, 6.07) is 47.9. The molecule has 0 spiro atoms. The van der Waals surface area contributed by atoms with Crippen molar-refractivity contribution in [3.05, 3.63) is 204 Å². The first-order chi connectivity index (χ1) is 29.6. The lowest BCUT2D eigenvalue weighted by Crippen LogP contribution is -2.07. The number of aromatic nitrogens is 5. The Morgan fingerprint density at radius 2 is 0.800 bits per heavy atom. The number of fused-ring (bicyclic) bond motifs is 9. The SMILES string of the molecule is O=C1C=CC(=O)c2cn(Cc3cc4[nH]c3c(-c3ccccc3)c3nc(c(-c5ccccc5)c5ccc([nH]5)c(-c5ccccc5)c5nc(c4-c4ccccc4)C=C5)C=C3)cc21. The van der Waals surface area contributed by atoms with Crippen molar-refractivity contribution >= 4 is 57.9 Å². The normalized spacial score (nSPS) is 12.9. The Labute approximate surface area is 345 Å². The third-order valence-corrected chi connectivity index (χ3v) is 11.3. The fourth-order valence-electron chi connectivity index (χ4n) is 8.63. The summed E-state index contributed by atoms with van der Waals surface area (Å²) in [5, 5.41) is 0. The molecule has 4 aromatic heterocycles. The number of hydrogen-bond donors (Lipinski definition) is 2. The molecule has 0 saturated carbocycles. The fourth-order valence-corrected chi connectivity index (χ4v) is 8.63. The lowest BCUT2D eigenvalue weighted by atomic mass is 10.0. The van der Waals surface area contributed by atoms with E-state index in [1.54, 1.807) is 12.4 Å². The largest absolute Gasteiger partial charge is 0.354 e. The Morgan fingerprint density at radius 3 is 1.23 bits per heavy atom. The quantitative estimate of drug-likeness (QED) is 0.176. The summed E-state index contributed by atoms with van der Waals surface area (Å²) < 4.78 is 1.94. The van der Waals surface area contributed by atoms with Gasteiger partial charge in [-0.05, 0) is 82.5 Å². The molecular formula is C53H35N5O2. The number of nitrogens with one attached hydrogen (secondary N) is 2. The highest BCUT2D eigenvalue weighted by Crippen LogP contribution is 2.39. The van der Waals surface area contributed by atoms with Gasteiger partial charge in [-0.1, -0.05) is 121 Å². The van der Waals surface area contributed by atoms with Crippen LogP contribution in [0.15, 0.2) is 164 Å². The summed E-state index contributed by atoms with van der Waals surface area (Å²) in [7, 11) is 0. The second-order valence-corrected chi connectivity index (χ2v) is 15.1. The highest BCUT2D eigenvalue weighted by atomic mass is 16.1. The molecule has 0 atom stereocenters. The lowest BCUT2D eigenvalue weighted by Gasteiger charge is -2.08. The molecule has 6 heterocycles. The Bertz CT molecular complexity index is 3260. The van der Waals surface area contributed by atoms with E-state index in [-0.39, 0.29) is 11.6 Å². The van der Waals surface area contributed by atoms with Crippen LogP contribution in [0, 0.1) is 0 Å². The van der Waals surface area contributed by atoms with E-state index in [4.69, 9.17) is 9.97 Å². The highest BCUT2D eigenvalue weighted by Gasteiger charge is 2.24. The number of rotatable bonds is 6. The van der Waals surface area contributed by atoms with Gasteiger partial charge in [0.25, 0.3) is 0 Å². The minimum Gasteiger partial charge on any atom is -0.354 e. The molecule has 3 aliphatic rings. The van der Waals surface area contributed by atoms with Crippen LogP contribution in [0.1, 0.15) is 49.1 Å². The van der Waals surface area contributed by atoms with Gasteiger partial charge in [-0.15, -0.1) is 0 Å². The van der Waals surface area contributed by atoms with Gasteiger partial charge in [0.05, 0.1) is 39.4 Å². The molecule has 284 valence electrons. The Hall–Kier alpha value is -8.16. The third kappa shape index (κ3) is 6.08. The van der Waals surface area contributed by atoms with E-state index in [0.29, 0.717) is 17.7 Å². The smallest absolute Gasteiger partial charge is 0.188 e. The van der Waals surface area contributed by atoms with E-state index in [0.717, 1.165) is 94.9 Å². The molecule has 7 heteroatoms. The highest BCUT2D eigenvalue weighted by molar-refractivity contribution is 6.22. The average molecular weight is 774 g/mol. The molecule has 1 aliphatic carbocycles. The van der Waals surface area contributed by atoms with Crippen molar-refractivity contribution < 1.29 is 9.59 Å². The van der Waals surface area contributed by atoms with Crippen LogP contribution in [0.5, 0.6) is 0 Å². The lowest BCUT2D eigenvalue weighted by molar-refractivity contribution is 0.0995. The van der Waals surface area contributed by atoms with Crippen LogP contribution in [0.4, 0.5) is 0 Å². The molecule has 11 rings (SSSR count). The van der Waals surface area contributed by atoms with Crippen molar-refractivity contribution in [2.75, 3.05) is 0 Å². The van der Waals surface area contributed by atoms with Gasteiger partial charge < -0.3 is 14.5 Å². The number of H-pyrrole nitrogens is 2. The summed E-state index contributed by atoms with van der Waals surface area (Å²) in [5.74, 6) is -0.352. The predicted molar refractivity (Wildman–Crippen MR) is 242 cm³/mol. The molecule has 0 fully saturated rings. The number of ketones is 2. The van der Waals surface area contributed by atoms with Gasteiger partial charge in [0.1, 0.15) is 0 Å². The van der Waals surface area contributed by atoms with Crippen molar-refractivity contribution in [2.24, 2.45) is 0 Å². The number of benzene rings is 4. The van der Waals surface area contributed by atoms with Gasteiger partial charge in [0.2, 0.25) is 0 Å². The third-order valence-electron chi connectivity index (χ3n) is 11.3. The van der Waals surface area contributed by atoms with E-state index >= 15 is 0 Å². The Morgan fingerprint density at radius 1 is 0.417 bits per heavy atom. The summed E-state index contributed by atoms with van der Waals surface area (Å²) in [4.78, 5) is 44.5. The molecule has 2 aliphatic heterocycles. The second-order valence-electron chi connectivity index (χ2n) is 15.1. The van der Waals surface area contributed by atoms with Gasteiger partial charge in [-0.25, -0.2) is 9.97 Å². The predicted octanol–water partition coefficient (Wildman–Crippen LogP) is 12.1. The molecule has 0 amide bonds. The maximum atomic E-state index is 12.9. The van der Waals surface area contributed by atoms with Gasteiger partial charge in [-0.2, -0.15) is 0 Å². The number of nitrogens with zero attached hydrogens (tertiary/aromatic N) is 3. The van der Waals surface area contributed by atoms with E-state index in [1.807, 2.05) is 53.1 Å². The fraction of sp³-hybridized carbons (Fsp3) is 0.0189. The first kappa shape index (κ1) is 35.0. The van der Waals surface area contributed by atoms with Crippen LogP contribution in [0.3, 0.4) is 0 Å². The van der Waals surface area contributed by atoms with Crippen LogP contribution in [0.2, 0.25) is 0 Å². The van der Waals surface area contributed by atoms with Gasteiger partial charge in [-0.3, -0.25) is 9.59 Å². The van der Waals surface area contributed by atoms with Crippen molar-refractivity contribution in [1.29, 1.82) is 0 Å². The van der Waals surface area contributed by atoms with E-state index in [2.05, 4.69) is 125 Å². The molecule has 8 aromatic rings. The monoisotopic (exact) mass is 773 g/mol. The zero-order valence-corrected chi connectivity index (χ0v) is 32.3. The number of carbonyl (C=O) groups excluding carboxylic acids is 2. The maximum Gasteiger partial charge on any atom is 0.188 e. The maximum absolute atomic E-state index is 12.9. The zero-order chi connectivity index (χ0) is 40.2. The number of hydrogen-bond acceptors (Lipinski definition) is 4. The molecule has 0 unspecified atom stereocenters. The molecule has 7 nitrogen and oxygen atoms in total. The van der Waals surface area contributed by atoms with Crippen LogP contribution in [-0.2, 0) is 6.54 Å². The summed E-state index contributed by atoms with van der Waals surface area (Å²) >= 11 is 0. The standard InChI is InChI=1S/C53H35N5O2/c59-47-27-28-48(60)39-32-58(31-38(39)47)30-37-29-46-51(35-17-9-3-10-18-35)44-24-23-42(55-44)49(33-13-5-1-6-14-33)40-21-22-41(54-40)50(34-15-7-2-8-16-34)43-25-26-45(56-43)52(53(37)57-46)36-19-11-4-12-20-36/h1-29,31-32,54,57H,30H2. The van der Waals surface area contributed by atoms with Crippen LogP contribution < -0.4 is 0 Å². The topological polar surface area (TPSA) is 96.4 Å². The second kappa shape index (κ2) is 14.3. The van der Waals surface area contributed by atoms with Gasteiger partial charge in [0.15, 0.2) is 11.6 Å². The number of carbonyl (C=O) groups is 2. The van der Waals surface area contributed by atoms with E-state index in [1.165, 1.54) is 12.2 Å². The summed E-state index contributed by atoms with van der Waals surface area (Å²) in [6.45, 7) is 0.378. The van der Waals surface area contributed by atoms with Crippen LogP contribution in [0.25, 0.3) is 90.9 Å². The zero-order valence-electron chi connectivity index (χ0n) is 32.3. The molecule has 4 aromatic carbocycles.